The molecule has 0 saturated heterocycles. The van der Waals surface area contributed by atoms with Crippen LogP contribution in [0.5, 0.6) is 5.75 Å². The number of nitrogens with one attached hydrogen (secondary N) is 1. The number of hydrazone groups is 1. The molecule has 0 heterocycles. The summed E-state index contributed by atoms with van der Waals surface area (Å²) in [7, 11) is -2.52. The van der Waals surface area contributed by atoms with Crippen molar-refractivity contribution in [3.05, 3.63) is 95.3 Å². The SMILES string of the molecule is COc1ccc(S(=O)(=O)N(CC(=O)NN=Cc2ccccc2F)Cc2ccccc2)cc1C. The predicted octanol–water partition coefficient (Wildman–Crippen LogP) is 3.48. The predicted molar refractivity (Wildman–Crippen MR) is 124 cm³/mol. The van der Waals surface area contributed by atoms with Crippen LogP contribution < -0.4 is 10.2 Å². The molecule has 0 aromatic heterocycles. The van der Waals surface area contributed by atoms with Gasteiger partial charge in [-0.3, -0.25) is 4.79 Å². The average Bonchev–Trinajstić information content (AvgIpc) is 2.80. The second kappa shape index (κ2) is 10.8. The summed E-state index contributed by atoms with van der Waals surface area (Å²) in [6.45, 7) is 1.25. The lowest BCUT2D eigenvalue weighted by Crippen LogP contribution is -2.39. The van der Waals surface area contributed by atoms with Crippen LogP contribution in [0.15, 0.2) is 82.8 Å². The first-order valence-electron chi connectivity index (χ1n) is 10.1. The van der Waals surface area contributed by atoms with Crippen LogP contribution in [0.25, 0.3) is 0 Å². The van der Waals surface area contributed by atoms with Crippen LogP contribution in [-0.2, 0) is 21.4 Å². The number of carbonyl (C=O) groups is 1. The smallest absolute Gasteiger partial charge is 0.255 e. The fraction of sp³-hybridized carbons (Fsp3) is 0.167. The fourth-order valence-corrected chi connectivity index (χ4v) is 4.59. The molecule has 9 heteroatoms. The minimum Gasteiger partial charge on any atom is -0.496 e. The van der Waals surface area contributed by atoms with E-state index in [1.807, 2.05) is 6.07 Å². The van der Waals surface area contributed by atoms with Crippen LogP contribution in [0.3, 0.4) is 0 Å². The molecule has 7 nitrogen and oxygen atoms in total. The topological polar surface area (TPSA) is 88.1 Å². The molecule has 0 fully saturated rings. The maximum atomic E-state index is 13.7. The molecular formula is C24H24FN3O4S. The molecule has 0 atom stereocenters. The molecule has 0 radical (unpaired) electrons. The molecule has 0 aliphatic carbocycles. The number of amides is 1. The Morgan fingerprint density at radius 3 is 2.45 bits per heavy atom. The number of benzene rings is 3. The highest BCUT2D eigenvalue weighted by atomic mass is 32.2. The molecule has 172 valence electrons. The lowest BCUT2D eigenvalue weighted by atomic mass is 10.2. The second-order valence-electron chi connectivity index (χ2n) is 7.20. The average molecular weight is 470 g/mol. The first-order chi connectivity index (χ1) is 15.8. The Morgan fingerprint density at radius 1 is 1.09 bits per heavy atom. The van der Waals surface area contributed by atoms with E-state index in [0.717, 1.165) is 10.5 Å². The number of rotatable bonds is 9. The molecule has 0 saturated carbocycles. The fourth-order valence-electron chi connectivity index (χ4n) is 3.12. The van der Waals surface area contributed by atoms with Crippen LogP contribution in [0.1, 0.15) is 16.7 Å². The van der Waals surface area contributed by atoms with Gasteiger partial charge in [-0.1, -0.05) is 48.5 Å². The van der Waals surface area contributed by atoms with Crippen molar-refractivity contribution in [1.29, 1.82) is 0 Å². The molecule has 0 bridgehead atoms. The van der Waals surface area contributed by atoms with E-state index in [4.69, 9.17) is 4.74 Å². The summed E-state index contributed by atoms with van der Waals surface area (Å²) in [5, 5.41) is 3.75. The van der Waals surface area contributed by atoms with E-state index in [1.54, 1.807) is 49.4 Å². The number of ether oxygens (including phenoxy) is 1. The Bertz CT molecular complexity index is 1250. The molecule has 0 aliphatic rings. The molecule has 0 unspecified atom stereocenters. The number of methoxy groups -OCH3 is 1. The summed E-state index contributed by atoms with van der Waals surface area (Å²) in [6.07, 6.45) is 1.16. The van der Waals surface area contributed by atoms with Crippen molar-refractivity contribution >= 4 is 22.1 Å². The number of nitrogens with zero attached hydrogens (tertiary/aromatic N) is 2. The molecule has 3 aromatic rings. The lowest BCUT2D eigenvalue weighted by molar-refractivity contribution is -0.121. The maximum Gasteiger partial charge on any atom is 0.255 e. The van der Waals surface area contributed by atoms with Gasteiger partial charge in [0.1, 0.15) is 11.6 Å². The van der Waals surface area contributed by atoms with E-state index >= 15 is 0 Å². The van der Waals surface area contributed by atoms with Crippen molar-refractivity contribution in [3.8, 4) is 5.75 Å². The molecule has 1 N–H and O–H groups in total. The third-order valence-electron chi connectivity index (χ3n) is 4.82. The number of hydrogen-bond acceptors (Lipinski definition) is 5. The van der Waals surface area contributed by atoms with Gasteiger partial charge in [-0.25, -0.2) is 18.2 Å². The summed E-state index contributed by atoms with van der Waals surface area (Å²) >= 11 is 0. The Labute approximate surface area is 192 Å². The summed E-state index contributed by atoms with van der Waals surface area (Å²) < 4.78 is 46.7. The molecule has 3 aromatic carbocycles. The molecular weight excluding hydrogens is 445 g/mol. The normalized spacial score (nSPS) is 11.6. The van der Waals surface area contributed by atoms with Crippen LogP contribution in [-0.4, -0.2) is 38.5 Å². The van der Waals surface area contributed by atoms with Gasteiger partial charge in [-0.15, -0.1) is 0 Å². The van der Waals surface area contributed by atoms with Gasteiger partial charge in [0.15, 0.2) is 0 Å². The van der Waals surface area contributed by atoms with E-state index in [0.29, 0.717) is 16.9 Å². The Morgan fingerprint density at radius 2 is 1.79 bits per heavy atom. The molecule has 33 heavy (non-hydrogen) atoms. The van der Waals surface area contributed by atoms with Crippen LogP contribution in [0.2, 0.25) is 0 Å². The van der Waals surface area contributed by atoms with Crippen molar-refractivity contribution < 1.29 is 22.3 Å². The standard InChI is InChI=1S/C24H24FN3O4S/c1-18-14-21(12-13-23(18)32-2)33(30,31)28(16-19-8-4-3-5-9-19)17-24(29)27-26-15-20-10-6-7-11-22(20)25/h3-15H,16-17H2,1-2H3,(H,27,29). The third kappa shape index (κ3) is 6.24. The summed E-state index contributed by atoms with van der Waals surface area (Å²) in [5.41, 5.74) is 3.83. The first kappa shape index (κ1) is 24.1. The lowest BCUT2D eigenvalue weighted by Gasteiger charge is -2.22. The zero-order chi connectivity index (χ0) is 23.8. The highest BCUT2D eigenvalue weighted by Crippen LogP contribution is 2.24. The molecule has 0 aliphatic heterocycles. The van der Waals surface area contributed by atoms with Crippen molar-refractivity contribution in [2.75, 3.05) is 13.7 Å². The molecule has 3 rings (SSSR count). The van der Waals surface area contributed by atoms with E-state index in [9.17, 15) is 17.6 Å². The number of aryl methyl sites for hydroxylation is 1. The van der Waals surface area contributed by atoms with Crippen LogP contribution in [0.4, 0.5) is 4.39 Å². The van der Waals surface area contributed by atoms with Gasteiger partial charge >= 0.3 is 0 Å². The Kier molecular flexibility index (Phi) is 7.92. The van der Waals surface area contributed by atoms with Gasteiger partial charge in [0, 0.05) is 12.1 Å². The van der Waals surface area contributed by atoms with Crippen molar-refractivity contribution in [2.45, 2.75) is 18.4 Å². The van der Waals surface area contributed by atoms with Gasteiger partial charge in [0.25, 0.3) is 5.91 Å². The Balaban J connectivity index is 1.82. The quantitative estimate of drug-likeness (QED) is 0.384. The van der Waals surface area contributed by atoms with Crippen LogP contribution in [0, 0.1) is 12.7 Å². The summed E-state index contributed by atoms with van der Waals surface area (Å²) in [4.78, 5) is 12.6. The minimum atomic E-state index is -4.02. The third-order valence-corrected chi connectivity index (χ3v) is 6.61. The van der Waals surface area contributed by atoms with Gasteiger partial charge in [0.05, 0.1) is 24.8 Å². The van der Waals surface area contributed by atoms with Gasteiger partial charge in [-0.2, -0.15) is 9.41 Å². The molecule has 1 amide bonds. The van der Waals surface area contributed by atoms with E-state index in [2.05, 4.69) is 10.5 Å². The monoisotopic (exact) mass is 469 g/mol. The maximum absolute atomic E-state index is 13.7. The summed E-state index contributed by atoms with van der Waals surface area (Å²) in [6, 6.07) is 19.4. The van der Waals surface area contributed by atoms with Crippen molar-refractivity contribution in [2.24, 2.45) is 5.10 Å². The number of halogens is 1. The van der Waals surface area contributed by atoms with E-state index < -0.39 is 28.3 Å². The molecule has 0 spiro atoms. The largest absolute Gasteiger partial charge is 0.496 e. The van der Waals surface area contributed by atoms with Crippen molar-refractivity contribution in [1.82, 2.24) is 9.73 Å². The second-order valence-corrected chi connectivity index (χ2v) is 9.14. The van der Waals surface area contributed by atoms with Crippen molar-refractivity contribution in [3.63, 3.8) is 0 Å². The van der Waals surface area contributed by atoms with E-state index in [-0.39, 0.29) is 17.0 Å². The minimum absolute atomic E-state index is 0.0152. The van der Waals surface area contributed by atoms with E-state index in [1.165, 1.54) is 31.4 Å². The number of hydrogen-bond donors (Lipinski definition) is 1. The first-order valence-corrected chi connectivity index (χ1v) is 11.5. The van der Waals surface area contributed by atoms with Crippen LogP contribution >= 0.6 is 0 Å². The van der Waals surface area contributed by atoms with Gasteiger partial charge in [-0.05, 0) is 42.3 Å². The van der Waals surface area contributed by atoms with Gasteiger partial charge < -0.3 is 4.74 Å². The number of sulfonamides is 1. The zero-order valence-electron chi connectivity index (χ0n) is 18.2. The summed E-state index contributed by atoms with van der Waals surface area (Å²) in [5.74, 6) is -0.588. The highest BCUT2D eigenvalue weighted by molar-refractivity contribution is 7.89. The van der Waals surface area contributed by atoms with Gasteiger partial charge in [0.2, 0.25) is 10.0 Å². The number of carbonyl (C=O) groups excluding carboxylic acids is 1. The highest BCUT2D eigenvalue weighted by Gasteiger charge is 2.27. The zero-order valence-corrected chi connectivity index (χ0v) is 19.0. The Hall–Kier alpha value is -3.56.